The first kappa shape index (κ1) is 20.6. The lowest BCUT2D eigenvalue weighted by Gasteiger charge is -2.44. The van der Waals surface area contributed by atoms with Crippen molar-refractivity contribution in [1.29, 1.82) is 0 Å². The molecule has 2 saturated heterocycles. The van der Waals surface area contributed by atoms with Crippen LogP contribution in [0.4, 0.5) is 16.2 Å². The second-order valence-electron chi connectivity index (χ2n) is 7.59. The number of hydrogen-bond acceptors (Lipinski definition) is 4. The number of anilines is 2. The van der Waals surface area contributed by atoms with Crippen LogP contribution in [-0.4, -0.2) is 47.7 Å². The third-order valence-electron chi connectivity index (χ3n) is 5.92. The molecule has 0 bridgehead atoms. The molecule has 4 rings (SSSR count). The van der Waals surface area contributed by atoms with Gasteiger partial charge < -0.3 is 15.0 Å². The van der Waals surface area contributed by atoms with Gasteiger partial charge in [0.25, 0.3) is 0 Å². The van der Waals surface area contributed by atoms with E-state index in [1.807, 2.05) is 58.3 Å². The standard InChI is InChI=1S/C23H27N3O3S/c1-3-17-6-4-5-7-20(17)24-22(28)25-14-12-23(13-15-25)26(21(27)16-30-23)18-8-10-19(29-2)11-9-18/h4-11H,3,12-16H2,1-2H3,(H,24,28). The Morgan fingerprint density at radius 2 is 1.83 bits per heavy atom. The highest BCUT2D eigenvalue weighted by atomic mass is 32.2. The van der Waals surface area contributed by atoms with Crippen LogP contribution in [0.15, 0.2) is 48.5 Å². The number of carbonyl (C=O) groups is 2. The Morgan fingerprint density at radius 3 is 2.50 bits per heavy atom. The van der Waals surface area contributed by atoms with Crippen molar-refractivity contribution >= 4 is 35.1 Å². The molecule has 2 fully saturated rings. The van der Waals surface area contributed by atoms with Crippen molar-refractivity contribution in [3.63, 3.8) is 0 Å². The lowest BCUT2D eigenvalue weighted by molar-refractivity contribution is -0.116. The fourth-order valence-electron chi connectivity index (χ4n) is 4.23. The molecule has 3 amide bonds. The lowest BCUT2D eigenvalue weighted by atomic mass is 10.0. The SMILES string of the molecule is CCc1ccccc1NC(=O)N1CCC2(CC1)SCC(=O)N2c1ccc(OC)cc1. The number of aryl methyl sites for hydroxylation is 1. The van der Waals surface area contributed by atoms with Crippen LogP contribution in [0.2, 0.25) is 0 Å². The topological polar surface area (TPSA) is 61.9 Å². The van der Waals surface area contributed by atoms with E-state index in [2.05, 4.69) is 12.2 Å². The molecule has 0 radical (unpaired) electrons. The van der Waals surface area contributed by atoms with Gasteiger partial charge in [0.05, 0.1) is 17.7 Å². The summed E-state index contributed by atoms with van der Waals surface area (Å²) in [6, 6.07) is 15.5. The van der Waals surface area contributed by atoms with Crippen LogP contribution in [0.5, 0.6) is 5.75 Å². The minimum Gasteiger partial charge on any atom is -0.497 e. The number of piperidine rings is 1. The molecule has 30 heavy (non-hydrogen) atoms. The largest absolute Gasteiger partial charge is 0.497 e. The van der Waals surface area contributed by atoms with Crippen molar-refractivity contribution in [2.75, 3.05) is 36.2 Å². The number of thioether (sulfide) groups is 1. The van der Waals surface area contributed by atoms with E-state index in [1.54, 1.807) is 18.9 Å². The third-order valence-corrected chi connectivity index (χ3v) is 7.44. The summed E-state index contributed by atoms with van der Waals surface area (Å²) in [4.78, 5) is 29.0. The van der Waals surface area contributed by atoms with Gasteiger partial charge in [-0.2, -0.15) is 0 Å². The minimum atomic E-state index is -0.288. The van der Waals surface area contributed by atoms with Crippen LogP contribution in [-0.2, 0) is 11.2 Å². The molecule has 1 spiro atoms. The number of benzene rings is 2. The molecular formula is C23H27N3O3S. The quantitative estimate of drug-likeness (QED) is 0.791. The van der Waals surface area contributed by atoms with Gasteiger partial charge in [-0.3, -0.25) is 9.69 Å². The van der Waals surface area contributed by atoms with Crippen LogP contribution in [0, 0.1) is 0 Å². The number of amides is 3. The van der Waals surface area contributed by atoms with Crippen molar-refractivity contribution < 1.29 is 14.3 Å². The Hall–Kier alpha value is -2.67. The first-order chi connectivity index (χ1) is 14.6. The summed E-state index contributed by atoms with van der Waals surface area (Å²) in [5, 5.41) is 3.06. The number of nitrogens with zero attached hydrogens (tertiary/aromatic N) is 2. The number of rotatable bonds is 4. The van der Waals surface area contributed by atoms with E-state index in [9.17, 15) is 9.59 Å². The molecule has 158 valence electrons. The summed E-state index contributed by atoms with van der Waals surface area (Å²) in [6.07, 6.45) is 2.37. The Balaban J connectivity index is 1.45. The molecule has 2 aliphatic heterocycles. The van der Waals surface area contributed by atoms with Gasteiger partial charge >= 0.3 is 6.03 Å². The van der Waals surface area contributed by atoms with Crippen molar-refractivity contribution in [2.45, 2.75) is 31.1 Å². The van der Waals surface area contributed by atoms with Crippen LogP contribution in [0.1, 0.15) is 25.3 Å². The molecule has 6 nitrogen and oxygen atoms in total. The zero-order valence-electron chi connectivity index (χ0n) is 17.4. The molecule has 2 aliphatic rings. The second-order valence-corrected chi connectivity index (χ2v) is 8.93. The fraction of sp³-hybridized carbons (Fsp3) is 0.391. The maximum Gasteiger partial charge on any atom is 0.321 e. The summed E-state index contributed by atoms with van der Waals surface area (Å²) in [5.74, 6) is 1.37. The van der Waals surface area contributed by atoms with E-state index < -0.39 is 0 Å². The average Bonchev–Trinajstić information content (AvgIpc) is 3.10. The number of hydrogen-bond donors (Lipinski definition) is 1. The Bertz CT molecular complexity index is 924. The maximum absolute atomic E-state index is 12.8. The minimum absolute atomic E-state index is 0.0731. The van der Waals surface area contributed by atoms with Gasteiger partial charge in [0.15, 0.2) is 0 Å². The highest BCUT2D eigenvalue weighted by Gasteiger charge is 2.49. The van der Waals surface area contributed by atoms with Crippen molar-refractivity contribution in [3.8, 4) is 5.75 Å². The third kappa shape index (κ3) is 3.86. The molecule has 2 aromatic carbocycles. The molecule has 0 atom stereocenters. The molecule has 1 N–H and O–H groups in total. The first-order valence-corrected chi connectivity index (χ1v) is 11.3. The lowest BCUT2D eigenvalue weighted by Crippen LogP contribution is -2.53. The molecule has 7 heteroatoms. The summed E-state index contributed by atoms with van der Waals surface area (Å²) >= 11 is 1.70. The molecule has 0 aliphatic carbocycles. The van der Waals surface area contributed by atoms with Crippen molar-refractivity contribution in [2.24, 2.45) is 0 Å². The predicted octanol–water partition coefficient (Wildman–Crippen LogP) is 4.36. The van der Waals surface area contributed by atoms with E-state index in [0.717, 1.165) is 42.0 Å². The zero-order chi connectivity index (χ0) is 21.1. The van der Waals surface area contributed by atoms with Gasteiger partial charge in [-0.05, 0) is 55.2 Å². The Kier molecular flexibility index (Phi) is 5.90. The summed E-state index contributed by atoms with van der Waals surface area (Å²) < 4.78 is 5.24. The smallest absolute Gasteiger partial charge is 0.321 e. The van der Waals surface area contributed by atoms with Gasteiger partial charge in [0.1, 0.15) is 5.75 Å². The van der Waals surface area contributed by atoms with Gasteiger partial charge in [0.2, 0.25) is 5.91 Å². The normalized spacial score (nSPS) is 18.0. The molecule has 2 aromatic rings. The molecular weight excluding hydrogens is 398 g/mol. The van der Waals surface area contributed by atoms with Crippen LogP contribution in [0.25, 0.3) is 0 Å². The number of ether oxygens (including phenoxy) is 1. The zero-order valence-corrected chi connectivity index (χ0v) is 18.2. The van der Waals surface area contributed by atoms with Crippen LogP contribution >= 0.6 is 11.8 Å². The monoisotopic (exact) mass is 425 g/mol. The van der Waals surface area contributed by atoms with Gasteiger partial charge in [-0.1, -0.05) is 25.1 Å². The van der Waals surface area contributed by atoms with E-state index in [-0.39, 0.29) is 16.8 Å². The van der Waals surface area contributed by atoms with Crippen LogP contribution < -0.4 is 15.0 Å². The molecule has 0 unspecified atom stereocenters. The van der Waals surface area contributed by atoms with E-state index in [4.69, 9.17) is 4.74 Å². The average molecular weight is 426 g/mol. The maximum atomic E-state index is 12.8. The summed E-state index contributed by atoms with van der Waals surface area (Å²) in [6.45, 7) is 3.32. The van der Waals surface area contributed by atoms with E-state index in [0.29, 0.717) is 18.8 Å². The molecule has 0 saturated carbocycles. The second kappa shape index (κ2) is 8.60. The van der Waals surface area contributed by atoms with Crippen LogP contribution in [0.3, 0.4) is 0 Å². The highest BCUT2D eigenvalue weighted by molar-refractivity contribution is 8.02. The number of carbonyl (C=O) groups excluding carboxylic acids is 2. The fourth-order valence-corrected chi connectivity index (χ4v) is 5.56. The van der Waals surface area contributed by atoms with Gasteiger partial charge in [-0.25, -0.2) is 4.79 Å². The van der Waals surface area contributed by atoms with E-state index >= 15 is 0 Å². The number of likely N-dealkylation sites (tertiary alicyclic amines) is 1. The Morgan fingerprint density at radius 1 is 1.13 bits per heavy atom. The van der Waals surface area contributed by atoms with Gasteiger partial charge in [0, 0.05) is 24.5 Å². The summed E-state index contributed by atoms with van der Waals surface area (Å²) in [7, 11) is 1.63. The van der Waals surface area contributed by atoms with Crippen molar-refractivity contribution in [3.05, 3.63) is 54.1 Å². The first-order valence-electron chi connectivity index (χ1n) is 10.3. The van der Waals surface area contributed by atoms with E-state index in [1.165, 1.54) is 0 Å². The molecule has 2 heterocycles. The number of urea groups is 1. The Labute approximate surface area is 181 Å². The number of para-hydroxylation sites is 1. The number of methoxy groups -OCH3 is 1. The molecule has 0 aromatic heterocycles. The van der Waals surface area contributed by atoms with Crippen molar-refractivity contribution in [1.82, 2.24) is 4.90 Å². The highest BCUT2D eigenvalue weighted by Crippen LogP contribution is 2.47. The van der Waals surface area contributed by atoms with Gasteiger partial charge in [-0.15, -0.1) is 11.8 Å². The number of nitrogens with one attached hydrogen (secondary N) is 1. The predicted molar refractivity (Wildman–Crippen MR) is 121 cm³/mol. The summed E-state index contributed by atoms with van der Waals surface area (Å²) in [5.41, 5.74) is 2.89.